The van der Waals surface area contributed by atoms with Crippen molar-refractivity contribution in [2.24, 2.45) is 0 Å². The van der Waals surface area contributed by atoms with Gasteiger partial charge in [0.25, 0.3) is 0 Å². The van der Waals surface area contributed by atoms with Crippen LogP contribution in [0.4, 0.5) is 5.82 Å². The van der Waals surface area contributed by atoms with Crippen LogP contribution < -0.4 is 19.7 Å². The second kappa shape index (κ2) is 13.6. The highest BCUT2D eigenvalue weighted by atomic mass is 35.5. The zero-order chi connectivity index (χ0) is 24.3. The van der Waals surface area contributed by atoms with Gasteiger partial charge in [0, 0.05) is 45.8 Å². The molecule has 1 aromatic heterocycles. The van der Waals surface area contributed by atoms with E-state index in [4.69, 9.17) is 25.8 Å². The number of morpholine rings is 1. The molecule has 11 heteroatoms. The van der Waals surface area contributed by atoms with Gasteiger partial charge in [0.15, 0.2) is 16.7 Å². The van der Waals surface area contributed by atoms with Crippen molar-refractivity contribution in [1.29, 1.82) is 0 Å². The zero-order valence-corrected chi connectivity index (χ0v) is 21.5. The fourth-order valence-corrected chi connectivity index (χ4v) is 4.36. The van der Waals surface area contributed by atoms with Gasteiger partial charge in [-0.2, -0.15) is 0 Å². The molecule has 9 nitrogen and oxygen atoms in total. The Balaban J connectivity index is 1.48. The van der Waals surface area contributed by atoms with E-state index in [9.17, 15) is 4.79 Å². The second-order valence-corrected chi connectivity index (χ2v) is 9.11. The number of methoxy groups -OCH3 is 2. The van der Waals surface area contributed by atoms with Crippen molar-refractivity contribution in [3.63, 3.8) is 0 Å². The van der Waals surface area contributed by atoms with Crippen LogP contribution >= 0.6 is 23.4 Å². The van der Waals surface area contributed by atoms with E-state index in [-0.39, 0.29) is 11.7 Å². The molecule has 1 saturated heterocycles. The third-order valence-electron chi connectivity index (χ3n) is 5.42. The number of nitrogens with zero attached hydrogens (tertiary/aromatic N) is 4. The molecule has 1 aliphatic heterocycles. The number of hydrogen-bond donors (Lipinski definition) is 1. The van der Waals surface area contributed by atoms with E-state index in [2.05, 4.69) is 20.2 Å². The van der Waals surface area contributed by atoms with Crippen LogP contribution in [0.25, 0.3) is 0 Å². The molecule has 3 rings (SSSR count). The highest BCUT2D eigenvalue weighted by Gasteiger charge is 2.13. The molecule has 0 saturated carbocycles. The van der Waals surface area contributed by atoms with E-state index in [0.717, 1.165) is 51.4 Å². The summed E-state index contributed by atoms with van der Waals surface area (Å²) in [6.07, 6.45) is 0.784. The van der Waals surface area contributed by atoms with Gasteiger partial charge >= 0.3 is 0 Å². The summed E-state index contributed by atoms with van der Waals surface area (Å²) in [4.78, 5) is 25.4. The van der Waals surface area contributed by atoms with Gasteiger partial charge in [-0.1, -0.05) is 29.4 Å². The summed E-state index contributed by atoms with van der Waals surface area (Å²) in [5.74, 6) is 2.29. The van der Waals surface area contributed by atoms with Crippen LogP contribution in [0.2, 0.25) is 5.15 Å². The van der Waals surface area contributed by atoms with Gasteiger partial charge in [0.1, 0.15) is 11.0 Å². The van der Waals surface area contributed by atoms with Crippen molar-refractivity contribution in [2.45, 2.75) is 11.6 Å². The molecule has 0 aliphatic carbocycles. The van der Waals surface area contributed by atoms with E-state index < -0.39 is 0 Å². The van der Waals surface area contributed by atoms with Gasteiger partial charge in [-0.15, -0.1) is 0 Å². The Morgan fingerprint density at radius 3 is 2.71 bits per heavy atom. The van der Waals surface area contributed by atoms with E-state index in [0.29, 0.717) is 34.2 Å². The first-order valence-corrected chi connectivity index (χ1v) is 12.5. The topological polar surface area (TPSA) is 89.1 Å². The molecule has 0 radical (unpaired) electrons. The first-order chi connectivity index (χ1) is 16.5. The summed E-state index contributed by atoms with van der Waals surface area (Å²) in [5.41, 5.74) is 1.12. The van der Waals surface area contributed by atoms with E-state index in [1.54, 1.807) is 20.3 Å². The SMILES string of the molecule is COc1ccc(CCN(C)c2cc(Cl)nc(SCC(=O)NCCN3CCOCC3)n2)cc1OC. The number of halogens is 1. The van der Waals surface area contributed by atoms with Gasteiger partial charge in [0.05, 0.1) is 33.2 Å². The third-order valence-corrected chi connectivity index (χ3v) is 6.46. The maximum Gasteiger partial charge on any atom is 0.230 e. The van der Waals surface area contributed by atoms with Crippen molar-refractivity contribution < 1.29 is 19.0 Å². The molecule has 186 valence electrons. The van der Waals surface area contributed by atoms with Crippen LogP contribution in [-0.2, 0) is 16.0 Å². The van der Waals surface area contributed by atoms with Gasteiger partial charge in [-0.05, 0) is 24.1 Å². The Morgan fingerprint density at radius 1 is 1.21 bits per heavy atom. The van der Waals surface area contributed by atoms with Crippen LogP contribution in [-0.4, -0.2) is 93.7 Å². The summed E-state index contributed by atoms with van der Waals surface area (Å²) in [7, 11) is 5.20. The minimum atomic E-state index is -0.0507. The standard InChI is InChI=1S/C23H32ClN5O4S/c1-28(8-6-17-4-5-18(31-2)19(14-17)32-3)21-15-20(24)26-23(27-21)34-16-22(30)25-7-9-29-10-12-33-13-11-29/h4-5,14-15H,6-13,16H2,1-3H3,(H,25,30). The molecule has 0 bridgehead atoms. The Hall–Kier alpha value is -2.27. The minimum absolute atomic E-state index is 0.0507. The number of likely N-dealkylation sites (N-methyl/N-ethyl adjacent to an activating group) is 1. The van der Waals surface area contributed by atoms with Crippen molar-refractivity contribution >= 4 is 35.1 Å². The predicted octanol–water partition coefficient (Wildman–Crippen LogP) is 2.37. The molecule has 1 N–H and O–H groups in total. The fraction of sp³-hybridized carbons (Fsp3) is 0.522. The van der Waals surface area contributed by atoms with Crippen molar-refractivity contribution in [1.82, 2.24) is 20.2 Å². The first kappa shape index (κ1) is 26.3. The van der Waals surface area contributed by atoms with Crippen LogP contribution in [0.1, 0.15) is 5.56 Å². The predicted molar refractivity (Wildman–Crippen MR) is 135 cm³/mol. The molecule has 0 atom stereocenters. The lowest BCUT2D eigenvalue weighted by Gasteiger charge is -2.26. The Labute approximate surface area is 210 Å². The Kier molecular flexibility index (Phi) is 10.5. The van der Waals surface area contributed by atoms with Gasteiger partial charge in [-0.3, -0.25) is 9.69 Å². The number of aromatic nitrogens is 2. The highest BCUT2D eigenvalue weighted by molar-refractivity contribution is 7.99. The number of carbonyl (C=O) groups is 1. The van der Waals surface area contributed by atoms with Crippen LogP contribution in [0.3, 0.4) is 0 Å². The Morgan fingerprint density at radius 2 is 1.97 bits per heavy atom. The molecule has 2 heterocycles. The van der Waals surface area contributed by atoms with Crippen LogP contribution in [0.15, 0.2) is 29.4 Å². The number of thioether (sulfide) groups is 1. The highest BCUT2D eigenvalue weighted by Crippen LogP contribution is 2.28. The maximum atomic E-state index is 12.2. The summed E-state index contributed by atoms with van der Waals surface area (Å²) in [6.45, 7) is 5.46. The largest absolute Gasteiger partial charge is 0.493 e. The molecule has 0 spiro atoms. The van der Waals surface area contributed by atoms with E-state index in [1.165, 1.54) is 11.8 Å². The molecule has 1 aromatic carbocycles. The molecule has 34 heavy (non-hydrogen) atoms. The molecule has 1 fully saturated rings. The first-order valence-electron chi connectivity index (χ1n) is 11.1. The molecule has 1 aliphatic rings. The van der Waals surface area contributed by atoms with Crippen LogP contribution in [0.5, 0.6) is 11.5 Å². The fourth-order valence-electron chi connectivity index (χ4n) is 3.45. The van der Waals surface area contributed by atoms with E-state index >= 15 is 0 Å². The number of amides is 1. The van der Waals surface area contributed by atoms with Gasteiger partial charge in [0.2, 0.25) is 5.91 Å². The maximum absolute atomic E-state index is 12.2. The van der Waals surface area contributed by atoms with Gasteiger partial charge < -0.3 is 24.4 Å². The van der Waals surface area contributed by atoms with Crippen molar-refractivity contribution in [2.75, 3.05) is 77.9 Å². The number of anilines is 1. The Bertz CT molecular complexity index is 946. The smallest absolute Gasteiger partial charge is 0.230 e. The number of carbonyl (C=O) groups excluding carboxylic acids is 1. The zero-order valence-electron chi connectivity index (χ0n) is 19.9. The lowest BCUT2D eigenvalue weighted by molar-refractivity contribution is -0.118. The number of ether oxygens (including phenoxy) is 3. The minimum Gasteiger partial charge on any atom is -0.493 e. The number of benzene rings is 1. The number of nitrogens with one attached hydrogen (secondary N) is 1. The number of rotatable bonds is 12. The molecular formula is C23H32ClN5O4S. The normalized spacial score (nSPS) is 14.0. The van der Waals surface area contributed by atoms with Crippen LogP contribution in [0, 0.1) is 0 Å². The van der Waals surface area contributed by atoms with Crippen molar-refractivity contribution in [3.8, 4) is 11.5 Å². The summed E-state index contributed by atoms with van der Waals surface area (Å²) >= 11 is 7.51. The lowest BCUT2D eigenvalue weighted by atomic mass is 10.1. The summed E-state index contributed by atoms with van der Waals surface area (Å²) < 4.78 is 16.0. The summed E-state index contributed by atoms with van der Waals surface area (Å²) in [5, 5.41) is 3.77. The lowest BCUT2D eigenvalue weighted by Crippen LogP contribution is -2.41. The quantitative estimate of drug-likeness (QED) is 0.263. The van der Waals surface area contributed by atoms with Gasteiger partial charge in [-0.25, -0.2) is 9.97 Å². The average molecular weight is 510 g/mol. The van der Waals surface area contributed by atoms with Crippen molar-refractivity contribution in [3.05, 3.63) is 35.0 Å². The molecule has 0 unspecified atom stereocenters. The third kappa shape index (κ3) is 8.19. The monoisotopic (exact) mass is 509 g/mol. The second-order valence-electron chi connectivity index (χ2n) is 7.78. The summed E-state index contributed by atoms with van der Waals surface area (Å²) in [6, 6.07) is 7.61. The number of hydrogen-bond acceptors (Lipinski definition) is 9. The average Bonchev–Trinajstić information content (AvgIpc) is 2.86. The molecule has 1 amide bonds. The molecular weight excluding hydrogens is 478 g/mol. The molecule has 2 aromatic rings. The van der Waals surface area contributed by atoms with E-state index in [1.807, 2.05) is 30.1 Å².